The summed E-state index contributed by atoms with van der Waals surface area (Å²) < 4.78 is 47.3. The van der Waals surface area contributed by atoms with Crippen LogP contribution in [0.25, 0.3) is 0 Å². The average molecular weight is 366 g/mol. The number of aromatic nitrogens is 1. The zero-order chi connectivity index (χ0) is 18.7. The SMILES string of the molecule is Cc1cccc(O[C@H]2CCN(C(=O)c3ccccc3OC(F)(F)F)C2)n1. The topological polar surface area (TPSA) is 51.7 Å². The fraction of sp³-hybridized carbons (Fsp3) is 0.333. The van der Waals surface area contributed by atoms with Gasteiger partial charge in [-0.3, -0.25) is 4.79 Å². The number of para-hydroxylation sites is 1. The molecular formula is C18H17F3N2O3. The number of rotatable bonds is 4. The molecular weight excluding hydrogens is 349 g/mol. The fourth-order valence-corrected chi connectivity index (χ4v) is 2.79. The average Bonchev–Trinajstić information content (AvgIpc) is 3.02. The maximum atomic E-state index is 12.6. The minimum atomic E-state index is -4.86. The molecule has 0 unspecified atom stereocenters. The molecule has 1 atom stereocenters. The highest BCUT2D eigenvalue weighted by atomic mass is 19.4. The van der Waals surface area contributed by atoms with Crippen molar-refractivity contribution in [3.05, 3.63) is 53.7 Å². The summed E-state index contributed by atoms with van der Waals surface area (Å²) in [5, 5.41) is 0. The van der Waals surface area contributed by atoms with E-state index in [1.54, 1.807) is 6.07 Å². The Morgan fingerprint density at radius 3 is 2.69 bits per heavy atom. The summed E-state index contributed by atoms with van der Waals surface area (Å²) in [5.74, 6) is -0.562. The molecule has 1 aromatic heterocycles. The van der Waals surface area contributed by atoms with Gasteiger partial charge >= 0.3 is 6.36 Å². The standard InChI is InChI=1S/C18H17F3N2O3/c1-12-5-4-8-16(22-12)25-13-9-10-23(11-13)17(24)14-6-2-3-7-15(14)26-18(19,20)21/h2-8,13H,9-11H2,1H3/t13-/m0/s1. The summed E-state index contributed by atoms with van der Waals surface area (Å²) in [6, 6.07) is 10.7. The van der Waals surface area contributed by atoms with Crippen LogP contribution in [-0.4, -0.2) is 41.3 Å². The van der Waals surface area contributed by atoms with Gasteiger partial charge in [-0.2, -0.15) is 0 Å². The van der Waals surface area contributed by atoms with Crippen molar-refractivity contribution in [3.63, 3.8) is 0 Å². The van der Waals surface area contributed by atoms with Crippen LogP contribution >= 0.6 is 0 Å². The van der Waals surface area contributed by atoms with Gasteiger partial charge in [0.05, 0.1) is 12.1 Å². The van der Waals surface area contributed by atoms with Gasteiger partial charge in [0, 0.05) is 24.7 Å². The second-order valence-electron chi connectivity index (χ2n) is 5.94. The van der Waals surface area contributed by atoms with Crippen molar-refractivity contribution in [1.29, 1.82) is 0 Å². The van der Waals surface area contributed by atoms with Gasteiger partial charge in [-0.25, -0.2) is 4.98 Å². The molecule has 3 rings (SSSR count). The molecule has 1 amide bonds. The van der Waals surface area contributed by atoms with Crippen molar-refractivity contribution in [2.75, 3.05) is 13.1 Å². The lowest BCUT2D eigenvalue weighted by Crippen LogP contribution is -2.32. The number of ether oxygens (including phenoxy) is 2. The normalized spacial score (nSPS) is 17.2. The zero-order valence-electron chi connectivity index (χ0n) is 14.0. The first-order valence-corrected chi connectivity index (χ1v) is 8.06. The number of benzene rings is 1. The number of likely N-dealkylation sites (tertiary alicyclic amines) is 1. The maximum absolute atomic E-state index is 12.6. The predicted octanol–water partition coefficient (Wildman–Crippen LogP) is 3.58. The van der Waals surface area contributed by atoms with Crippen LogP contribution in [-0.2, 0) is 0 Å². The molecule has 2 heterocycles. The smallest absolute Gasteiger partial charge is 0.472 e. The number of carbonyl (C=O) groups excluding carboxylic acids is 1. The molecule has 1 aromatic carbocycles. The number of carbonyl (C=O) groups is 1. The van der Waals surface area contributed by atoms with Crippen LogP contribution in [0.1, 0.15) is 22.5 Å². The van der Waals surface area contributed by atoms with Crippen LogP contribution in [0.2, 0.25) is 0 Å². The molecule has 0 saturated carbocycles. The highest BCUT2D eigenvalue weighted by molar-refractivity contribution is 5.97. The second kappa shape index (κ2) is 7.23. The maximum Gasteiger partial charge on any atom is 0.573 e. The molecule has 1 aliphatic heterocycles. The summed E-state index contributed by atoms with van der Waals surface area (Å²) in [5.41, 5.74) is 0.686. The van der Waals surface area contributed by atoms with E-state index in [9.17, 15) is 18.0 Å². The van der Waals surface area contributed by atoms with E-state index in [2.05, 4.69) is 9.72 Å². The van der Waals surface area contributed by atoms with E-state index in [1.165, 1.54) is 23.1 Å². The summed E-state index contributed by atoms with van der Waals surface area (Å²) >= 11 is 0. The van der Waals surface area contributed by atoms with Gasteiger partial charge in [-0.05, 0) is 25.1 Å². The van der Waals surface area contributed by atoms with Crippen LogP contribution in [0.5, 0.6) is 11.6 Å². The zero-order valence-corrected chi connectivity index (χ0v) is 14.0. The highest BCUT2D eigenvalue weighted by Gasteiger charge is 2.35. The van der Waals surface area contributed by atoms with Crippen LogP contribution < -0.4 is 9.47 Å². The van der Waals surface area contributed by atoms with Gasteiger partial charge < -0.3 is 14.4 Å². The van der Waals surface area contributed by atoms with Crippen molar-refractivity contribution >= 4 is 5.91 Å². The Kier molecular flexibility index (Phi) is 5.01. The quantitative estimate of drug-likeness (QED) is 0.830. The lowest BCUT2D eigenvalue weighted by atomic mass is 10.2. The van der Waals surface area contributed by atoms with Gasteiger partial charge in [0.15, 0.2) is 0 Å². The number of nitrogens with zero attached hydrogens (tertiary/aromatic N) is 2. The first kappa shape index (κ1) is 18.0. The Balaban J connectivity index is 1.68. The van der Waals surface area contributed by atoms with Gasteiger partial charge in [0.2, 0.25) is 5.88 Å². The number of halogens is 3. The van der Waals surface area contributed by atoms with Gasteiger partial charge in [-0.1, -0.05) is 18.2 Å². The third-order valence-electron chi connectivity index (χ3n) is 3.93. The third-order valence-corrected chi connectivity index (χ3v) is 3.93. The van der Waals surface area contributed by atoms with Gasteiger partial charge in [-0.15, -0.1) is 13.2 Å². The molecule has 5 nitrogen and oxygen atoms in total. The molecule has 0 radical (unpaired) electrons. The first-order valence-electron chi connectivity index (χ1n) is 8.06. The fourth-order valence-electron chi connectivity index (χ4n) is 2.79. The molecule has 1 saturated heterocycles. The second-order valence-corrected chi connectivity index (χ2v) is 5.94. The van der Waals surface area contributed by atoms with Crippen molar-refractivity contribution in [2.45, 2.75) is 25.8 Å². The van der Waals surface area contributed by atoms with E-state index in [1.807, 2.05) is 19.1 Å². The molecule has 26 heavy (non-hydrogen) atoms. The minimum absolute atomic E-state index is 0.126. The van der Waals surface area contributed by atoms with Crippen molar-refractivity contribution in [1.82, 2.24) is 9.88 Å². The van der Waals surface area contributed by atoms with Gasteiger partial charge in [0.1, 0.15) is 11.9 Å². The van der Waals surface area contributed by atoms with Crippen LogP contribution in [0, 0.1) is 6.92 Å². The Bertz CT molecular complexity index is 795. The molecule has 0 spiro atoms. The molecule has 0 aliphatic carbocycles. The molecule has 2 aromatic rings. The predicted molar refractivity (Wildman–Crippen MR) is 87.0 cm³/mol. The van der Waals surface area contributed by atoms with E-state index in [-0.39, 0.29) is 18.2 Å². The Labute approximate surface area is 148 Å². The van der Waals surface area contributed by atoms with Crippen molar-refractivity contribution in [3.8, 4) is 11.6 Å². The molecule has 1 aliphatic rings. The lowest BCUT2D eigenvalue weighted by molar-refractivity contribution is -0.274. The number of amides is 1. The summed E-state index contributed by atoms with van der Waals surface area (Å²) in [4.78, 5) is 18.3. The summed E-state index contributed by atoms with van der Waals surface area (Å²) in [7, 11) is 0. The minimum Gasteiger partial charge on any atom is -0.472 e. The van der Waals surface area contributed by atoms with E-state index in [0.717, 1.165) is 11.8 Å². The number of hydrogen-bond acceptors (Lipinski definition) is 4. The van der Waals surface area contributed by atoms with E-state index in [0.29, 0.717) is 18.8 Å². The van der Waals surface area contributed by atoms with Crippen LogP contribution in [0.3, 0.4) is 0 Å². The molecule has 1 fully saturated rings. The highest BCUT2D eigenvalue weighted by Crippen LogP contribution is 2.28. The van der Waals surface area contributed by atoms with Crippen LogP contribution in [0.15, 0.2) is 42.5 Å². The first-order chi connectivity index (χ1) is 12.3. The van der Waals surface area contributed by atoms with Gasteiger partial charge in [0.25, 0.3) is 5.91 Å². The number of aryl methyl sites for hydroxylation is 1. The Hall–Kier alpha value is -2.77. The van der Waals surface area contributed by atoms with Crippen molar-refractivity contribution in [2.24, 2.45) is 0 Å². The lowest BCUT2D eigenvalue weighted by Gasteiger charge is -2.19. The number of alkyl halides is 3. The molecule has 8 heteroatoms. The third kappa shape index (κ3) is 4.44. The molecule has 0 bridgehead atoms. The summed E-state index contributed by atoms with van der Waals surface area (Å²) in [6.45, 7) is 2.50. The number of hydrogen-bond donors (Lipinski definition) is 0. The van der Waals surface area contributed by atoms with E-state index >= 15 is 0 Å². The van der Waals surface area contributed by atoms with Crippen LogP contribution in [0.4, 0.5) is 13.2 Å². The molecule has 138 valence electrons. The Morgan fingerprint density at radius 2 is 1.96 bits per heavy atom. The summed E-state index contributed by atoms with van der Waals surface area (Å²) in [6.07, 6.45) is -4.54. The van der Waals surface area contributed by atoms with E-state index < -0.39 is 18.0 Å². The van der Waals surface area contributed by atoms with E-state index in [4.69, 9.17) is 4.74 Å². The Morgan fingerprint density at radius 1 is 1.19 bits per heavy atom. The van der Waals surface area contributed by atoms with Crippen molar-refractivity contribution < 1.29 is 27.4 Å². The largest absolute Gasteiger partial charge is 0.573 e. The molecule has 0 N–H and O–H groups in total. The monoisotopic (exact) mass is 366 g/mol. The number of pyridine rings is 1.